The lowest BCUT2D eigenvalue weighted by Gasteiger charge is -2.27. The number of anilines is 2. The van der Waals surface area contributed by atoms with Crippen LogP contribution in [0.2, 0.25) is 0 Å². The average Bonchev–Trinajstić information content (AvgIpc) is 3.20. The molecule has 0 amide bonds. The van der Waals surface area contributed by atoms with Crippen molar-refractivity contribution in [3.8, 4) is 0 Å². The summed E-state index contributed by atoms with van der Waals surface area (Å²) in [4.78, 5) is 2.23. The first-order chi connectivity index (χ1) is 13.4. The van der Waals surface area contributed by atoms with Gasteiger partial charge in [0.05, 0.1) is 22.4 Å². The van der Waals surface area contributed by atoms with Crippen molar-refractivity contribution in [1.82, 2.24) is 9.62 Å². The number of nitrogens with one attached hydrogen (secondary N) is 2. The van der Waals surface area contributed by atoms with Crippen molar-refractivity contribution in [2.24, 2.45) is 0 Å². The Morgan fingerprint density at radius 2 is 2.00 bits per heavy atom. The van der Waals surface area contributed by atoms with E-state index in [2.05, 4.69) is 10.6 Å². The molecule has 0 bridgehead atoms. The molecule has 0 aliphatic carbocycles. The van der Waals surface area contributed by atoms with Crippen LogP contribution in [0.1, 0.15) is 32.1 Å². The van der Waals surface area contributed by atoms with Gasteiger partial charge in [-0.1, -0.05) is 6.42 Å². The lowest BCUT2D eigenvalue weighted by Crippen LogP contribution is -2.36. The number of benzene rings is 1. The molecule has 2 aliphatic heterocycles. The molecule has 2 saturated heterocycles. The molecule has 9 heteroatoms. The molecule has 0 aromatic heterocycles. The van der Waals surface area contributed by atoms with Crippen LogP contribution in [0.5, 0.6) is 0 Å². The molecule has 1 unspecified atom stereocenters. The number of ether oxygens (including phenoxy) is 1. The fourth-order valence-corrected chi connectivity index (χ4v) is 5.34. The summed E-state index contributed by atoms with van der Waals surface area (Å²) in [6.07, 6.45) is 5.20. The van der Waals surface area contributed by atoms with Gasteiger partial charge in [-0.3, -0.25) is 0 Å². The number of nitrogens with zero attached hydrogens (tertiary/aromatic N) is 2. The number of hydrogen-bond donors (Lipinski definition) is 2. The van der Waals surface area contributed by atoms with E-state index in [0.29, 0.717) is 35.3 Å². The largest absolute Gasteiger partial charge is 0.376 e. The van der Waals surface area contributed by atoms with Crippen LogP contribution in [0.3, 0.4) is 0 Å². The van der Waals surface area contributed by atoms with Gasteiger partial charge in [0.1, 0.15) is 0 Å². The van der Waals surface area contributed by atoms with E-state index >= 15 is 0 Å². The van der Waals surface area contributed by atoms with Crippen molar-refractivity contribution < 1.29 is 13.2 Å². The molecular weight excluding hydrogens is 396 g/mol. The summed E-state index contributed by atoms with van der Waals surface area (Å²) < 4.78 is 33.2. The van der Waals surface area contributed by atoms with Crippen LogP contribution in [0.4, 0.5) is 11.4 Å². The fourth-order valence-electron chi connectivity index (χ4n) is 3.60. The number of hydrogen-bond acceptors (Lipinski definition) is 5. The third-order valence-corrected chi connectivity index (χ3v) is 7.31. The van der Waals surface area contributed by atoms with Crippen LogP contribution in [0.15, 0.2) is 23.1 Å². The summed E-state index contributed by atoms with van der Waals surface area (Å²) in [6.45, 7) is 2.62. The summed E-state index contributed by atoms with van der Waals surface area (Å²) in [6, 6.07) is 5.18. The minimum Gasteiger partial charge on any atom is -0.376 e. The average molecular weight is 427 g/mol. The van der Waals surface area contributed by atoms with Gasteiger partial charge < -0.3 is 20.3 Å². The SMILES string of the molecule is CN(C)c1ccc(S(=O)(=O)N2CCCCC2)cc1NC(=S)NCC1CCCO1. The van der Waals surface area contributed by atoms with Crippen LogP contribution in [0.25, 0.3) is 0 Å². The molecule has 3 rings (SSSR count). The van der Waals surface area contributed by atoms with Gasteiger partial charge in [-0.2, -0.15) is 4.31 Å². The zero-order valence-electron chi connectivity index (χ0n) is 16.6. The van der Waals surface area contributed by atoms with E-state index in [1.165, 1.54) is 0 Å². The topological polar surface area (TPSA) is 73.9 Å². The Morgan fingerprint density at radius 3 is 2.64 bits per heavy atom. The van der Waals surface area contributed by atoms with E-state index in [0.717, 1.165) is 44.4 Å². The zero-order chi connectivity index (χ0) is 20.1. The summed E-state index contributed by atoms with van der Waals surface area (Å²) >= 11 is 5.42. The highest BCUT2D eigenvalue weighted by atomic mass is 32.2. The first-order valence-electron chi connectivity index (χ1n) is 9.86. The van der Waals surface area contributed by atoms with Gasteiger partial charge in [0.15, 0.2) is 5.11 Å². The van der Waals surface area contributed by atoms with Crippen molar-refractivity contribution in [2.75, 3.05) is 50.6 Å². The molecule has 1 aromatic carbocycles. The Bertz CT molecular complexity index is 786. The molecule has 156 valence electrons. The Labute approximate surface area is 173 Å². The second-order valence-corrected chi connectivity index (χ2v) is 9.85. The standard InChI is InChI=1S/C19H30N4O3S2/c1-22(2)18-9-8-16(28(24,25)23-10-4-3-5-11-23)13-17(18)21-19(27)20-14-15-7-6-12-26-15/h8-9,13,15H,3-7,10-12,14H2,1-2H3,(H2,20,21,27). The van der Waals surface area contributed by atoms with Crippen molar-refractivity contribution in [3.05, 3.63) is 18.2 Å². The highest BCUT2D eigenvalue weighted by Crippen LogP contribution is 2.30. The van der Waals surface area contributed by atoms with Gasteiger partial charge in [-0.05, 0) is 56.1 Å². The van der Waals surface area contributed by atoms with Gasteiger partial charge in [0.2, 0.25) is 10.0 Å². The normalized spacial score (nSPS) is 20.7. The predicted octanol–water partition coefficient (Wildman–Crippen LogP) is 2.39. The molecule has 7 nitrogen and oxygen atoms in total. The van der Waals surface area contributed by atoms with Gasteiger partial charge in [0.25, 0.3) is 0 Å². The maximum atomic E-state index is 13.0. The second-order valence-electron chi connectivity index (χ2n) is 7.51. The van der Waals surface area contributed by atoms with Crippen LogP contribution < -0.4 is 15.5 Å². The summed E-state index contributed by atoms with van der Waals surface area (Å²) in [5, 5.41) is 6.81. The second kappa shape index (κ2) is 9.39. The van der Waals surface area contributed by atoms with E-state index in [9.17, 15) is 8.42 Å². The molecule has 1 aromatic rings. The summed E-state index contributed by atoms with van der Waals surface area (Å²) in [5.41, 5.74) is 1.55. The van der Waals surface area contributed by atoms with Crippen LogP contribution in [0, 0.1) is 0 Å². The van der Waals surface area contributed by atoms with Crippen molar-refractivity contribution in [2.45, 2.75) is 43.1 Å². The smallest absolute Gasteiger partial charge is 0.243 e. The Kier molecular flexibility index (Phi) is 7.14. The molecule has 0 saturated carbocycles. The molecular formula is C19H30N4O3S2. The summed E-state index contributed by atoms with van der Waals surface area (Å²) in [5.74, 6) is 0. The van der Waals surface area contributed by atoms with Crippen molar-refractivity contribution >= 4 is 38.7 Å². The van der Waals surface area contributed by atoms with Crippen LogP contribution in [-0.2, 0) is 14.8 Å². The van der Waals surface area contributed by atoms with Gasteiger partial charge in [-0.15, -0.1) is 0 Å². The number of thiocarbonyl (C=S) groups is 1. The van der Waals surface area contributed by atoms with Crippen LogP contribution >= 0.6 is 12.2 Å². The lowest BCUT2D eigenvalue weighted by atomic mass is 10.2. The molecule has 1 atom stereocenters. The predicted molar refractivity (Wildman–Crippen MR) is 117 cm³/mol. The van der Waals surface area contributed by atoms with E-state index in [4.69, 9.17) is 17.0 Å². The highest BCUT2D eigenvalue weighted by molar-refractivity contribution is 7.89. The summed E-state index contributed by atoms with van der Waals surface area (Å²) in [7, 11) is 0.341. The third kappa shape index (κ3) is 5.14. The number of sulfonamides is 1. The van der Waals surface area contributed by atoms with Crippen molar-refractivity contribution in [3.63, 3.8) is 0 Å². The molecule has 2 heterocycles. The number of piperidine rings is 1. The van der Waals surface area contributed by atoms with Crippen molar-refractivity contribution in [1.29, 1.82) is 0 Å². The highest BCUT2D eigenvalue weighted by Gasteiger charge is 2.27. The quantitative estimate of drug-likeness (QED) is 0.677. The molecule has 28 heavy (non-hydrogen) atoms. The first-order valence-corrected chi connectivity index (χ1v) is 11.7. The third-order valence-electron chi connectivity index (χ3n) is 5.17. The number of rotatable bonds is 6. The maximum Gasteiger partial charge on any atom is 0.243 e. The minimum absolute atomic E-state index is 0.180. The molecule has 2 fully saturated rings. The first kappa shape index (κ1) is 21.3. The lowest BCUT2D eigenvalue weighted by molar-refractivity contribution is 0.114. The van der Waals surface area contributed by atoms with Crippen LogP contribution in [-0.4, -0.2) is 64.3 Å². The van der Waals surface area contributed by atoms with Gasteiger partial charge >= 0.3 is 0 Å². The van der Waals surface area contributed by atoms with E-state index < -0.39 is 10.0 Å². The monoisotopic (exact) mass is 426 g/mol. The fraction of sp³-hybridized carbons (Fsp3) is 0.632. The minimum atomic E-state index is -3.50. The molecule has 0 spiro atoms. The Balaban J connectivity index is 1.76. The zero-order valence-corrected chi connectivity index (χ0v) is 18.2. The van der Waals surface area contributed by atoms with Gasteiger partial charge in [0, 0.05) is 40.3 Å². The molecule has 0 radical (unpaired) electrons. The van der Waals surface area contributed by atoms with Gasteiger partial charge in [-0.25, -0.2) is 8.42 Å². The van der Waals surface area contributed by atoms with E-state index in [1.807, 2.05) is 25.1 Å². The maximum absolute atomic E-state index is 13.0. The van der Waals surface area contributed by atoms with E-state index in [-0.39, 0.29) is 6.10 Å². The Morgan fingerprint density at radius 1 is 1.25 bits per heavy atom. The molecule has 2 N–H and O–H groups in total. The Hall–Kier alpha value is -1.42. The molecule has 2 aliphatic rings. The van der Waals surface area contributed by atoms with E-state index in [1.54, 1.807) is 16.4 Å².